The van der Waals surface area contributed by atoms with E-state index in [0.29, 0.717) is 0 Å². The van der Waals surface area contributed by atoms with E-state index >= 15 is 0 Å². The Labute approximate surface area is 121 Å². The quantitative estimate of drug-likeness (QED) is 0.240. The van der Waals surface area contributed by atoms with Crippen LogP contribution < -0.4 is 0 Å². The molecule has 0 aliphatic carbocycles. The summed E-state index contributed by atoms with van der Waals surface area (Å²) >= 11 is 0. The van der Waals surface area contributed by atoms with E-state index in [4.69, 9.17) is 0 Å². The SMILES string of the molecule is CCCCCCCCCCC/C=C\CCCCC[O]. The molecule has 0 amide bonds. The molecule has 1 nitrogen and oxygen atoms in total. The molecule has 0 unspecified atom stereocenters. The van der Waals surface area contributed by atoms with Crippen LogP contribution in [0.15, 0.2) is 12.2 Å². The van der Waals surface area contributed by atoms with Crippen molar-refractivity contribution in [2.45, 2.75) is 96.8 Å². The number of allylic oxidation sites excluding steroid dienone is 2. The van der Waals surface area contributed by atoms with Crippen LogP contribution in [0.2, 0.25) is 0 Å². The Morgan fingerprint density at radius 1 is 0.579 bits per heavy atom. The lowest BCUT2D eigenvalue weighted by atomic mass is 10.1. The highest BCUT2D eigenvalue weighted by Crippen LogP contribution is 2.10. The van der Waals surface area contributed by atoms with Crippen LogP contribution in [0.5, 0.6) is 0 Å². The Balaban J connectivity index is 2.99. The van der Waals surface area contributed by atoms with Gasteiger partial charge in [0.1, 0.15) is 0 Å². The Hall–Kier alpha value is -0.300. The maximum absolute atomic E-state index is 10.2. The van der Waals surface area contributed by atoms with E-state index in [1.807, 2.05) is 0 Å². The molecule has 0 bridgehead atoms. The molecule has 113 valence electrons. The van der Waals surface area contributed by atoms with Crippen molar-refractivity contribution >= 4 is 0 Å². The first kappa shape index (κ1) is 18.7. The van der Waals surface area contributed by atoms with Crippen LogP contribution >= 0.6 is 0 Å². The summed E-state index contributed by atoms with van der Waals surface area (Å²) < 4.78 is 0. The molecule has 0 N–H and O–H groups in total. The highest BCUT2D eigenvalue weighted by atomic mass is 16.2. The van der Waals surface area contributed by atoms with Gasteiger partial charge in [0.25, 0.3) is 0 Å². The van der Waals surface area contributed by atoms with Gasteiger partial charge >= 0.3 is 0 Å². The first-order valence-electron chi connectivity index (χ1n) is 8.65. The van der Waals surface area contributed by atoms with Crippen LogP contribution in [0.1, 0.15) is 96.8 Å². The van der Waals surface area contributed by atoms with E-state index in [0.717, 1.165) is 19.3 Å². The molecular formula is C18H35O. The van der Waals surface area contributed by atoms with Crippen molar-refractivity contribution in [3.63, 3.8) is 0 Å². The lowest BCUT2D eigenvalue weighted by Gasteiger charge is -2.00. The van der Waals surface area contributed by atoms with Gasteiger partial charge in [-0.15, -0.1) is 0 Å². The minimum Gasteiger partial charge on any atom is -0.237 e. The molecule has 0 aromatic heterocycles. The maximum Gasteiger partial charge on any atom is 0.0822 e. The van der Waals surface area contributed by atoms with Gasteiger partial charge in [-0.25, -0.2) is 5.11 Å². The van der Waals surface area contributed by atoms with Gasteiger partial charge in [0, 0.05) is 0 Å². The Bertz CT molecular complexity index is 175. The van der Waals surface area contributed by atoms with Gasteiger partial charge < -0.3 is 0 Å². The third kappa shape index (κ3) is 17.7. The lowest BCUT2D eigenvalue weighted by molar-refractivity contribution is 0.186. The molecule has 0 aliphatic heterocycles. The summed E-state index contributed by atoms with van der Waals surface area (Å²) in [5.41, 5.74) is 0. The Kier molecular flexibility index (Phi) is 17.4. The maximum atomic E-state index is 10.2. The second-order valence-electron chi connectivity index (χ2n) is 5.64. The molecule has 0 spiro atoms. The standard InChI is InChI=1S/C18H35O/c1-2-3-4-5-6-7-8-9-10-11-12-13-14-15-16-17-18-19/h12-13H,2-11,14-18H2,1H3/b13-12-. The molecule has 0 rings (SSSR count). The molecule has 0 fully saturated rings. The van der Waals surface area contributed by atoms with Crippen LogP contribution in [0, 0.1) is 0 Å². The smallest absolute Gasteiger partial charge is 0.0822 e. The fourth-order valence-electron chi connectivity index (χ4n) is 2.35. The van der Waals surface area contributed by atoms with Crippen LogP contribution in [0.25, 0.3) is 0 Å². The zero-order valence-electron chi connectivity index (χ0n) is 13.2. The minimum atomic E-state index is 0.0994. The van der Waals surface area contributed by atoms with E-state index < -0.39 is 0 Å². The van der Waals surface area contributed by atoms with Gasteiger partial charge in [-0.1, -0.05) is 76.9 Å². The summed E-state index contributed by atoms with van der Waals surface area (Å²) in [5.74, 6) is 0. The van der Waals surface area contributed by atoms with Gasteiger partial charge in [-0.05, 0) is 32.1 Å². The zero-order valence-corrected chi connectivity index (χ0v) is 13.2. The Morgan fingerprint density at radius 3 is 1.47 bits per heavy atom. The van der Waals surface area contributed by atoms with Crippen LogP contribution in [-0.2, 0) is 5.11 Å². The zero-order chi connectivity index (χ0) is 14.0. The average Bonchev–Trinajstić information content (AvgIpc) is 2.43. The third-order valence-electron chi connectivity index (χ3n) is 3.66. The number of rotatable bonds is 15. The molecular weight excluding hydrogens is 232 g/mol. The Morgan fingerprint density at radius 2 is 1.00 bits per heavy atom. The summed E-state index contributed by atoms with van der Waals surface area (Å²) in [6.45, 7) is 2.37. The van der Waals surface area contributed by atoms with Crippen molar-refractivity contribution < 1.29 is 5.11 Å². The minimum absolute atomic E-state index is 0.0994. The molecule has 1 heteroatoms. The van der Waals surface area contributed by atoms with Crippen molar-refractivity contribution in [2.75, 3.05) is 6.61 Å². The monoisotopic (exact) mass is 267 g/mol. The molecule has 0 saturated heterocycles. The molecule has 0 heterocycles. The van der Waals surface area contributed by atoms with Crippen molar-refractivity contribution in [3.8, 4) is 0 Å². The number of hydrogen-bond acceptors (Lipinski definition) is 0. The van der Waals surface area contributed by atoms with Crippen molar-refractivity contribution in [3.05, 3.63) is 12.2 Å². The van der Waals surface area contributed by atoms with Gasteiger partial charge in [-0.2, -0.15) is 0 Å². The molecule has 0 saturated carbocycles. The topological polar surface area (TPSA) is 19.9 Å². The predicted molar refractivity (Wildman–Crippen MR) is 85.0 cm³/mol. The molecule has 0 aromatic rings. The van der Waals surface area contributed by atoms with Gasteiger partial charge in [0.05, 0.1) is 6.61 Å². The van der Waals surface area contributed by atoms with Crippen LogP contribution in [0.3, 0.4) is 0 Å². The van der Waals surface area contributed by atoms with Gasteiger partial charge in [0.2, 0.25) is 0 Å². The average molecular weight is 267 g/mol. The van der Waals surface area contributed by atoms with Gasteiger partial charge in [-0.3, -0.25) is 0 Å². The highest BCUT2D eigenvalue weighted by Gasteiger charge is 1.91. The highest BCUT2D eigenvalue weighted by molar-refractivity contribution is 4.81. The summed E-state index contributed by atoms with van der Waals surface area (Å²) in [7, 11) is 0. The normalized spacial score (nSPS) is 11.5. The van der Waals surface area contributed by atoms with Crippen LogP contribution in [0.4, 0.5) is 0 Å². The molecule has 0 aromatic carbocycles. The summed E-state index contributed by atoms with van der Waals surface area (Å²) in [5, 5.41) is 10.2. The predicted octanol–water partition coefficient (Wildman–Crippen LogP) is 6.45. The van der Waals surface area contributed by atoms with E-state index in [-0.39, 0.29) is 6.61 Å². The number of hydrogen-bond donors (Lipinski definition) is 0. The van der Waals surface area contributed by atoms with E-state index in [1.54, 1.807) is 0 Å². The summed E-state index contributed by atoms with van der Waals surface area (Å²) in [6.07, 6.45) is 22.9. The first-order chi connectivity index (χ1) is 9.41. The fourth-order valence-corrected chi connectivity index (χ4v) is 2.35. The lowest BCUT2D eigenvalue weighted by Crippen LogP contribution is -1.81. The van der Waals surface area contributed by atoms with E-state index in [2.05, 4.69) is 19.1 Å². The third-order valence-corrected chi connectivity index (χ3v) is 3.66. The van der Waals surface area contributed by atoms with Crippen molar-refractivity contribution in [2.24, 2.45) is 0 Å². The molecule has 0 atom stereocenters. The molecule has 0 aliphatic rings. The van der Waals surface area contributed by atoms with E-state index in [1.165, 1.54) is 70.6 Å². The largest absolute Gasteiger partial charge is 0.237 e. The fraction of sp³-hybridized carbons (Fsp3) is 0.889. The second kappa shape index (κ2) is 17.7. The first-order valence-corrected chi connectivity index (χ1v) is 8.65. The van der Waals surface area contributed by atoms with Crippen LogP contribution in [-0.4, -0.2) is 6.61 Å². The summed E-state index contributed by atoms with van der Waals surface area (Å²) in [4.78, 5) is 0. The number of unbranched alkanes of at least 4 members (excludes halogenated alkanes) is 12. The van der Waals surface area contributed by atoms with Crippen molar-refractivity contribution in [1.82, 2.24) is 0 Å². The second-order valence-corrected chi connectivity index (χ2v) is 5.64. The molecule has 19 heavy (non-hydrogen) atoms. The summed E-state index contributed by atoms with van der Waals surface area (Å²) in [6, 6.07) is 0. The molecule has 1 radical (unpaired) electrons. The van der Waals surface area contributed by atoms with Gasteiger partial charge in [0.15, 0.2) is 0 Å². The van der Waals surface area contributed by atoms with Crippen molar-refractivity contribution in [1.29, 1.82) is 0 Å². The van der Waals surface area contributed by atoms with E-state index in [9.17, 15) is 5.11 Å².